The van der Waals surface area contributed by atoms with Gasteiger partial charge in [0.25, 0.3) is 10.0 Å². The molecule has 1 aromatic heterocycles. The van der Waals surface area contributed by atoms with Gasteiger partial charge in [-0.3, -0.25) is 14.8 Å². The first-order valence-electron chi connectivity index (χ1n) is 8.42. The molecule has 0 saturated carbocycles. The number of sulfonamides is 1. The van der Waals surface area contributed by atoms with Crippen molar-refractivity contribution in [1.82, 2.24) is 5.16 Å². The molecular weight excluding hydrogens is 418 g/mol. The minimum absolute atomic E-state index is 0.105. The number of para-hydroxylation sites is 1. The highest BCUT2D eigenvalue weighted by Gasteiger charge is 2.24. The molecule has 0 spiro atoms. The Balaban J connectivity index is 2.10. The second-order valence-corrected chi connectivity index (χ2v) is 8.16. The number of ether oxygens (including phenoxy) is 1. The second kappa shape index (κ2) is 8.14. The van der Waals surface area contributed by atoms with Crippen LogP contribution in [0.1, 0.15) is 12.6 Å². The summed E-state index contributed by atoms with van der Waals surface area (Å²) in [5, 5.41) is 6.66. The SMILES string of the molecule is COc1ccc(-c2c(C)noc2NC(C)=O)cc1S(=O)(=O)Nc1ccccc1Cl. The third-order valence-electron chi connectivity index (χ3n) is 4.01. The van der Waals surface area contributed by atoms with Crippen LogP contribution in [0.5, 0.6) is 5.75 Å². The number of carbonyl (C=O) groups is 1. The van der Waals surface area contributed by atoms with Gasteiger partial charge >= 0.3 is 0 Å². The Bertz CT molecular complexity index is 1170. The zero-order valence-corrected chi connectivity index (χ0v) is 17.4. The van der Waals surface area contributed by atoms with E-state index < -0.39 is 10.0 Å². The van der Waals surface area contributed by atoms with Crippen LogP contribution in [0.3, 0.4) is 0 Å². The molecule has 1 amide bonds. The van der Waals surface area contributed by atoms with Gasteiger partial charge in [-0.25, -0.2) is 8.42 Å². The fourth-order valence-electron chi connectivity index (χ4n) is 2.74. The van der Waals surface area contributed by atoms with Crippen LogP contribution in [-0.2, 0) is 14.8 Å². The van der Waals surface area contributed by atoms with Gasteiger partial charge in [-0.1, -0.05) is 35.0 Å². The van der Waals surface area contributed by atoms with Crippen molar-refractivity contribution >= 4 is 39.1 Å². The van der Waals surface area contributed by atoms with E-state index in [4.69, 9.17) is 20.9 Å². The van der Waals surface area contributed by atoms with Crippen LogP contribution in [0, 0.1) is 6.92 Å². The molecule has 3 aromatic rings. The topological polar surface area (TPSA) is 111 Å². The number of methoxy groups -OCH3 is 1. The summed E-state index contributed by atoms with van der Waals surface area (Å²) in [5.41, 5.74) is 1.67. The number of anilines is 2. The lowest BCUT2D eigenvalue weighted by Gasteiger charge is -2.14. The summed E-state index contributed by atoms with van der Waals surface area (Å²) < 4.78 is 38.9. The fourth-order valence-corrected chi connectivity index (χ4v) is 4.26. The molecule has 3 rings (SSSR count). The number of nitrogens with zero attached hydrogens (tertiary/aromatic N) is 1. The molecule has 0 bridgehead atoms. The van der Waals surface area contributed by atoms with Gasteiger partial charge in [0.1, 0.15) is 10.6 Å². The number of nitrogens with one attached hydrogen (secondary N) is 2. The van der Waals surface area contributed by atoms with Gasteiger partial charge in [0.2, 0.25) is 11.8 Å². The molecule has 0 aliphatic rings. The number of aryl methyl sites for hydroxylation is 1. The molecule has 0 aliphatic heterocycles. The molecule has 8 nitrogen and oxygen atoms in total. The van der Waals surface area contributed by atoms with Crippen molar-refractivity contribution in [3.05, 3.63) is 53.2 Å². The summed E-state index contributed by atoms with van der Waals surface area (Å²) in [6.45, 7) is 3.02. The molecule has 0 unspecified atom stereocenters. The summed E-state index contributed by atoms with van der Waals surface area (Å²) in [4.78, 5) is 11.3. The van der Waals surface area contributed by atoms with Gasteiger partial charge in [-0.2, -0.15) is 0 Å². The van der Waals surface area contributed by atoms with Crippen molar-refractivity contribution in [2.45, 2.75) is 18.7 Å². The zero-order chi connectivity index (χ0) is 21.2. The summed E-state index contributed by atoms with van der Waals surface area (Å²) in [5.74, 6) is -0.0739. The van der Waals surface area contributed by atoms with Crippen LogP contribution in [0.4, 0.5) is 11.6 Å². The van der Waals surface area contributed by atoms with Crippen LogP contribution in [-0.4, -0.2) is 26.6 Å². The first-order chi connectivity index (χ1) is 13.7. The monoisotopic (exact) mass is 435 g/mol. The number of benzene rings is 2. The summed E-state index contributed by atoms with van der Waals surface area (Å²) in [6.07, 6.45) is 0. The number of rotatable bonds is 6. The van der Waals surface area contributed by atoms with Gasteiger partial charge in [0, 0.05) is 6.92 Å². The highest BCUT2D eigenvalue weighted by molar-refractivity contribution is 7.92. The molecule has 0 fully saturated rings. The van der Waals surface area contributed by atoms with Crippen LogP contribution < -0.4 is 14.8 Å². The fraction of sp³-hybridized carbons (Fsp3) is 0.158. The Hall–Kier alpha value is -3.04. The van der Waals surface area contributed by atoms with Crippen molar-refractivity contribution in [3.63, 3.8) is 0 Å². The standard InChI is InChI=1S/C19H18ClN3O5S/c1-11-18(19(28-22-11)21-12(2)24)13-8-9-16(27-3)17(10-13)29(25,26)23-15-7-5-4-6-14(15)20/h4-10,23H,1-3H3,(H,21,24). The van der Waals surface area contributed by atoms with E-state index in [0.29, 0.717) is 16.8 Å². The third kappa shape index (κ3) is 4.36. The van der Waals surface area contributed by atoms with E-state index in [1.807, 2.05) is 0 Å². The van der Waals surface area contributed by atoms with Crippen molar-refractivity contribution in [3.8, 4) is 16.9 Å². The highest BCUT2D eigenvalue weighted by Crippen LogP contribution is 2.36. The molecule has 10 heteroatoms. The number of hydrogen-bond donors (Lipinski definition) is 2. The lowest BCUT2D eigenvalue weighted by Crippen LogP contribution is -2.14. The average Bonchev–Trinajstić information content (AvgIpc) is 3.02. The van der Waals surface area contributed by atoms with E-state index in [-0.39, 0.29) is 33.1 Å². The minimum atomic E-state index is -4.04. The molecule has 152 valence electrons. The quantitative estimate of drug-likeness (QED) is 0.603. The zero-order valence-electron chi connectivity index (χ0n) is 15.8. The van der Waals surface area contributed by atoms with Crippen molar-refractivity contribution in [2.75, 3.05) is 17.1 Å². The van der Waals surface area contributed by atoms with Gasteiger partial charge in [-0.05, 0) is 36.8 Å². The number of aromatic nitrogens is 1. The number of hydrogen-bond acceptors (Lipinski definition) is 6. The van der Waals surface area contributed by atoms with E-state index >= 15 is 0 Å². The van der Waals surface area contributed by atoms with E-state index in [1.165, 1.54) is 26.2 Å². The smallest absolute Gasteiger partial charge is 0.265 e. The molecule has 1 heterocycles. The van der Waals surface area contributed by atoms with Crippen LogP contribution in [0.2, 0.25) is 5.02 Å². The molecule has 0 radical (unpaired) electrons. The second-order valence-electron chi connectivity index (χ2n) is 6.10. The Morgan fingerprint density at radius 3 is 2.59 bits per heavy atom. The summed E-state index contributed by atoms with van der Waals surface area (Å²) in [7, 11) is -2.67. The molecule has 29 heavy (non-hydrogen) atoms. The van der Waals surface area contributed by atoms with Gasteiger partial charge in [-0.15, -0.1) is 0 Å². The Morgan fingerprint density at radius 1 is 1.21 bits per heavy atom. The lowest BCUT2D eigenvalue weighted by molar-refractivity contribution is -0.114. The lowest BCUT2D eigenvalue weighted by atomic mass is 10.1. The molecule has 0 saturated heterocycles. The van der Waals surface area contributed by atoms with Crippen LogP contribution in [0.15, 0.2) is 51.9 Å². The first kappa shape index (κ1) is 20.7. The summed E-state index contributed by atoms with van der Waals surface area (Å²) >= 11 is 6.07. The molecule has 2 N–H and O–H groups in total. The van der Waals surface area contributed by atoms with E-state index in [9.17, 15) is 13.2 Å². The number of amides is 1. The largest absolute Gasteiger partial charge is 0.495 e. The normalized spacial score (nSPS) is 11.2. The third-order valence-corrected chi connectivity index (χ3v) is 5.73. The first-order valence-corrected chi connectivity index (χ1v) is 10.3. The maximum atomic E-state index is 13.0. The van der Waals surface area contributed by atoms with E-state index in [0.717, 1.165) is 0 Å². The predicted molar refractivity (Wildman–Crippen MR) is 110 cm³/mol. The predicted octanol–water partition coefficient (Wildman–Crippen LogP) is 4.07. The molecule has 0 atom stereocenters. The maximum absolute atomic E-state index is 13.0. The Kier molecular flexibility index (Phi) is 5.81. The van der Waals surface area contributed by atoms with Crippen molar-refractivity contribution < 1.29 is 22.5 Å². The minimum Gasteiger partial charge on any atom is -0.495 e. The Labute approximate surface area is 172 Å². The Morgan fingerprint density at radius 2 is 1.93 bits per heavy atom. The van der Waals surface area contributed by atoms with Crippen LogP contribution in [0.25, 0.3) is 11.1 Å². The molecule has 0 aliphatic carbocycles. The van der Waals surface area contributed by atoms with Gasteiger partial charge < -0.3 is 9.26 Å². The highest BCUT2D eigenvalue weighted by atomic mass is 35.5. The van der Waals surface area contributed by atoms with Crippen molar-refractivity contribution in [1.29, 1.82) is 0 Å². The number of halogens is 1. The maximum Gasteiger partial charge on any atom is 0.265 e. The van der Waals surface area contributed by atoms with Gasteiger partial charge in [0.15, 0.2) is 0 Å². The van der Waals surface area contributed by atoms with E-state index in [2.05, 4.69) is 15.2 Å². The number of carbonyl (C=O) groups excluding carboxylic acids is 1. The van der Waals surface area contributed by atoms with Crippen LogP contribution >= 0.6 is 11.6 Å². The van der Waals surface area contributed by atoms with E-state index in [1.54, 1.807) is 37.3 Å². The van der Waals surface area contributed by atoms with Gasteiger partial charge in [0.05, 0.1) is 29.1 Å². The van der Waals surface area contributed by atoms with Crippen molar-refractivity contribution in [2.24, 2.45) is 0 Å². The average molecular weight is 436 g/mol. The molecular formula is C19H18ClN3O5S. The molecule has 2 aromatic carbocycles. The summed E-state index contributed by atoms with van der Waals surface area (Å²) in [6, 6.07) is 11.1.